The number of aliphatic hydroxyl groups excluding tert-OH is 1. The normalized spacial score (nSPS) is 17.1. The molecule has 5 N–H and O–H groups in total. The van der Waals surface area contributed by atoms with Crippen LogP contribution >= 0.6 is 0 Å². The maximum absolute atomic E-state index is 13.8. The van der Waals surface area contributed by atoms with Crippen molar-refractivity contribution < 1.29 is 34.2 Å². The predicted molar refractivity (Wildman–Crippen MR) is 164 cm³/mol. The van der Waals surface area contributed by atoms with Crippen LogP contribution in [0.5, 0.6) is 11.5 Å². The van der Waals surface area contributed by atoms with Gasteiger partial charge in [0.15, 0.2) is 11.5 Å². The fourth-order valence-corrected chi connectivity index (χ4v) is 5.49. The molecule has 2 fully saturated rings. The van der Waals surface area contributed by atoms with Crippen molar-refractivity contribution in [3.05, 3.63) is 53.2 Å². The molecule has 2 heterocycles. The molecule has 0 unspecified atom stereocenters. The molecule has 3 aromatic rings. The monoisotopic (exact) mass is 606 g/mol. The van der Waals surface area contributed by atoms with Crippen molar-refractivity contribution in [1.29, 1.82) is 0 Å². The summed E-state index contributed by atoms with van der Waals surface area (Å²) in [4.78, 5) is 29.3. The van der Waals surface area contributed by atoms with E-state index >= 15 is 0 Å². The second-order valence-electron chi connectivity index (χ2n) is 12.5. The average Bonchev–Trinajstić information content (AvgIpc) is 3.63. The minimum absolute atomic E-state index is 0.0405. The Morgan fingerprint density at radius 2 is 1.70 bits per heavy atom. The molecule has 0 spiro atoms. The zero-order valence-electron chi connectivity index (χ0n) is 25.7. The number of hydrogen-bond acceptors (Lipinski definition) is 9. The molecule has 1 saturated carbocycles. The Balaban J connectivity index is 1.51. The molecule has 2 aromatic carbocycles. The second kappa shape index (κ2) is 13.0. The van der Waals surface area contributed by atoms with E-state index < -0.39 is 17.5 Å². The number of phenolic OH excluding ortho intramolecular Hbond substituents is 2. The summed E-state index contributed by atoms with van der Waals surface area (Å²) < 4.78 is 11.2. The molecule has 0 bridgehead atoms. The number of aromatic hydroxyl groups is 2. The smallest absolute Gasteiger partial charge is 0.274 e. The van der Waals surface area contributed by atoms with Crippen LogP contribution in [0.25, 0.3) is 22.5 Å². The van der Waals surface area contributed by atoms with Crippen molar-refractivity contribution in [2.24, 2.45) is 5.92 Å². The summed E-state index contributed by atoms with van der Waals surface area (Å²) in [7, 11) is 0. The summed E-state index contributed by atoms with van der Waals surface area (Å²) in [6.07, 6.45) is 1.36. The lowest BCUT2D eigenvalue weighted by Gasteiger charge is -2.26. The van der Waals surface area contributed by atoms with Crippen LogP contribution in [0.2, 0.25) is 0 Å². The quantitative estimate of drug-likeness (QED) is 0.219. The number of aromatic nitrogens is 1. The van der Waals surface area contributed by atoms with E-state index in [1.807, 2.05) is 52.0 Å². The summed E-state index contributed by atoms with van der Waals surface area (Å²) in [6, 6.07) is 9.74. The van der Waals surface area contributed by atoms with Crippen LogP contribution in [0, 0.1) is 5.92 Å². The molecule has 1 aliphatic carbocycles. The van der Waals surface area contributed by atoms with Gasteiger partial charge in [0.05, 0.1) is 36.5 Å². The second-order valence-corrected chi connectivity index (χ2v) is 12.5. The van der Waals surface area contributed by atoms with E-state index in [1.165, 1.54) is 6.07 Å². The van der Waals surface area contributed by atoms with E-state index in [0.29, 0.717) is 42.7 Å². The number of nitrogens with zero attached hydrogens (tertiary/aromatic N) is 2. The number of nitrogens with one attached hydrogen (secondary N) is 2. The topological polar surface area (TPSA) is 157 Å². The van der Waals surface area contributed by atoms with Gasteiger partial charge >= 0.3 is 0 Å². The molecule has 1 aliphatic heterocycles. The lowest BCUT2D eigenvalue weighted by molar-refractivity contribution is -0.125. The zero-order valence-corrected chi connectivity index (χ0v) is 25.7. The highest BCUT2D eigenvalue weighted by atomic mass is 16.5. The highest BCUT2D eigenvalue weighted by Crippen LogP contribution is 2.43. The standard InChI is InChI=1S/C33H42N4O7/c1-19(2)23-15-24(26(40)16-25(23)39)30-27(22-7-5-21(6-8-22)17-37-11-13-43-14-12-37)29(36-44-30)31(41)34-28(20(3)4)32(42)35-33(18-38)9-10-33/h5-8,15-16,19-20,28,38-40H,9-14,17-18H2,1-4H3,(H,34,41)(H,35,42)/t28-/m1/s1. The predicted octanol–water partition coefficient (Wildman–Crippen LogP) is 3.77. The van der Waals surface area contributed by atoms with Crippen LogP contribution in [0.15, 0.2) is 40.9 Å². The first kappa shape index (κ1) is 31.5. The Morgan fingerprint density at radius 3 is 2.30 bits per heavy atom. The number of phenols is 2. The zero-order chi connectivity index (χ0) is 31.6. The third kappa shape index (κ3) is 6.74. The van der Waals surface area contributed by atoms with Crippen LogP contribution in [0.1, 0.15) is 68.1 Å². The first-order chi connectivity index (χ1) is 21.0. The van der Waals surface area contributed by atoms with E-state index in [0.717, 1.165) is 25.2 Å². The van der Waals surface area contributed by atoms with Gasteiger partial charge in [0.25, 0.3) is 5.91 Å². The van der Waals surface area contributed by atoms with Crippen LogP contribution in [-0.2, 0) is 16.1 Å². The molecule has 5 rings (SSSR count). The van der Waals surface area contributed by atoms with E-state index in [2.05, 4.69) is 20.7 Å². The lowest BCUT2D eigenvalue weighted by atomic mass is 9.93. The van der Waals surface area contributed by atoms with E-state index in [9.17, 15) is 24.9 Å². The number of morpholine rings is 1. The summed E-state index contributed by atoms with van der Waals surface area (Å²) >= 11 is 0. The summed E-state index contributed by atoms with van der Waals surface area (Å²) in [5.41, 5.74) is 2.29. The molecular formula is C33H42N4O7. The van der Waals surface area contributed by atoms with E-state index in [4.69, 9.17) is 9.26 Å². The third-order valence-corrected chi connectivity index (χ3v) is 8.45. The number of amides is 2. The molecule has 236 valence electrons. The van der Waals surface area contributed by atoms with Crippen LogP contribution < -0.4 is 10.6 Å². The van der Waals surface area contributed by atoms with Gasteiger partial charge in [-0.25, -0.2) is 0 Å². The molecule has 2 amide bonds. The fraction of sp³-hybridized carbons (Fsp3) is 0.485. The number of aliphatic hydroxyl groups is 1. The Hall–Kier alpha value is -3.93. The number of benzene rings is 2. The van der Waals surface area contributed by atoms with Crippen LogP contribution in [-0.4, -0.2) is 81.7 Å². The maximum atomic E-state index is 13.8. The number of carbonyl (C=O) groups is 2. The van der Waals surface area contributed by atoms with Gasteiger partial charge in [0.2, 0.25) is 5.91 Å². The van der Waals surface area contributed by atoms with Crippen LogP contribution in [0.3, 0.4) is 0 Å². The van der Waals surface area contributed by atoms with Crippen molar-refractivity contribution in [1.82, 2.24) is 20.7 Å². The fourth-order valence-electron chi connectivity index (χ4n) is 5.49. The van der Waals surface area contributed by atoms with Crippen molar-refractivity contribution in [3.63, 3.8) is 0 Å². The molecule has 1 aromatic heterocycles. The van der Waals surface area contributed by atoms with Crippen LogP contribution in [0.4, 0.5) is 0 Å². The molecule has 11 nitrogen and oxygen atoms in total. The molecule has 1 atom stereocenters. The molecule has 1 saturated heterocycles. The maximum Gasteiger partial charge on any atom is 0.274 e. The Kier molecular flexibility index (Phi) is 9.28. The SMILES string of the molecule is CC(C)c1cc(-c2onc(C(=O)N[C@@H](C(=O)NC3(CO)CC3)C(C)C)c2-c2ccc(CN3CCOCC3)cc2)c(O)cc1O. The highest BCUT2D eigenvalue weighted by molar-refractivity contribution is 6.04. The van der Waals surface area contributed by atoms with E-state index in [1.54, 1.807) is 6.07 Å². The van der Waals surface area contributed by atoms with Crippen molar-refractivity contribution >= 4 is 11.8 Å². The molecular weight excluding hydrogens is 564 g/mol. The highest BCUT2D eigenvalue weighted by Gasteiger charge is 2.45. The average molecular weight is 607 g/mol. The van der Waals surface area contributed by atoms with Gasteiger partial charge in [0, 0.05) is 25.7 Å². The van der Waals surface area contributed by atoms with Gasteiger partial charge in [-0.1, -0.05) is 57.1 Å². The van der Waals surface area contributed by atoms with Gasteiger partial charge in [-0.05, 0) is 47.4 Å². The minimum Gasteiger partial charge on any atom is -0.508 e. The van der Waals surface area contributed by atoms with Gasteiger partial charge in [-0.15, -0.1) is 0 Å². The Labute approximate surface area is 257 Å². The summed E-state index contributed by atoms with van der Waals surface area (Å²) in [5, 5.41) is 40.9. The molecule has 11 heteroatoms. The van der Waals surface area contributed by atoms with E-state index in [-0.39, 0.29) is 52.9 Å². The van der Waals surface area contributed by atoms with Gasteiger partial charge in [0.1, 0.15) is 17.5 Å². The number of ether oxygens (including phenoxy) is 1. The van der Waals surface area contributed by atoms with Gasteiger partial charge in [-0.3, -0.25) is 14.5 Å². The minimum atomic E-state index is -0.884. The Bertz CT molecular complexity index is 1490. The third-order valence-electron chi connectivity index (χ3n) is 8.45. The first-order valence-corrected chi connectivity index (χ1v) is 15.2. The van der Waals surface area contributed by atoms with Crippen molar-refractivity contribution in [2.45, 2.75) is 64.6 Å². The van der Waals surface area contributed by atoms with Crippen molar-refractivity contribution in [3.8, 4) is 33.9 Å². The Morgan fingerprint density at radius 1 is 1.02 bits per heavy atom. The number of hydrogen-bond donors (Lipinski definition) is 5. The molecule has 0 radical (unpaired) electrons. The first-order valence-electron chi connectivity index (χ1n) is 15.2. The van der Waals surface area contributed by atoms with Gasteiger partial charge in [-0.2, -0.15) is 0 Å². The number of carbonyl (C=O) groups excluding carboxylic acids is 2. The largest absolute Gasteiger partial charge is 0.508 e. The number of rotatable bonds is 11. The van der Waals surface area contributed by atoms with Crippen molar-refractivity contribution in [2.75, 3.05) is 32.9 Å². The lowest BCUT2D eigenvalue weighted by Crippen LogP contribution is -2.53. The molecule has 2 aliphatic rings. The summed E-state index contributed by atoms with van der Waals surface area (Å²) in [5.74, 6) is -1.40. The summed E-state index contributed by atoms with van der Waals surface area (Å²) in [6.45, 7) is 11.2. The van der Waals surface area contributed by atoms with Gasteiger partial charge < -0.3 is 35.2 Å². The molecule has 44 heavy (non-hydrogen) atoms.